The van der Waals surface area contributed by atoms with Crippen molar-refractivity contribution in [1.82, 2.24) is 4.90 Å². The van der Waals surface area contributed by atoms with Crippen molar-refractivity contribution < 1.29 is 14.2 Å². The van der Waals surface area contributed by atoms with E-state index in [1.807, 2.05) is 6.07 Å². The van der Waals surface area contributed by atoms with Crippen molar-refractivity contribution in [3.05, 3.63) is 23.3 Å². The van der Waals surface area contributed by atoms with Crippen LogP contribution in [0.1, 0.15) is 30.9 Å². The van der Waals surface area contributed by atoms with Gasteiger partial charge in [-0.05, 0) is 12.0 Å². The van der Waals surface area contributed by atoms with Crippen molar-refractivity contribution in [1.29, 1.82) is 0 Å². The van der Waals surface area contributed by atoms with Crippen LogP contribution in [0.5, 0.6) is 11.5 Å². The van der Waals surface area contributed by atoms with Crippen LogP contribution in [-0.2, 0) is 11.3 Å². The van der Waals surface area contributed by atoms with Gasteiger partial charge in [0.2, 0.25) is 0 Å². The number of methoxy groups -OCH3 is 3. The molecule has 0 aliphatic carbocycles. The van der Waals surface area contributed by atoms with Crippen LogP contribution < -0.4 is 9.47 Å². The Balaban J connectivity index is 2.23. The molecule has 1 saturated heterocycles. The van der Waals surface area contributed by atoms with Gasteiger partial charge in [0.1, 0.15) is 11.5 Å². The maximum absolute atomic E-state index is 5.67. The molecule has 1 aliphatic heterocycles. The van der Waals surface area contributed by atoms with Gasteiger partial charge < -0.3 is 14.2 Å². The first kappa shape index (κ1) is 15.1. The molecule has 0 spiro atoms. The lowest BCUT2D eigenvalue weighted by Gasteiger charge is -2.38. The Morgan fingerprint density at radius 1 is 1.15 bits per heavy atom. The number of rotatable bonds is 6. The van der Waals surface area contributed by atoms with E-state index in [-0.39, 0.29) is 0 Å². The van der Waals surface area contributed by atoms with Gasteiger partial charge in [-0.3, -0.25) is 4.90 Å². The van der Waals surface area contributed by atoms with Gasteiger partial charge in [0, 0.05) is 37.9 Å². The summed E-state index contributed by atoms with van der Waals surface area (Å²) in [7, 11) is 5.21. The number of benzene rings is 1. The fourth-order valence-electron chi connectivity index (χ4n) is 2.76. The third-order valence-corrected chi connectivity index (χ3v) is 3.89. The van der Waals surface area contributed by atoms with Gasteiger partial charge >= 0.3 is 0 Å². The molecular formula is C16H25NO3. The molecule has 4 nitrogen and oxygen atoms in total. The Morgan fingerprint density at radius 3 is 2.35 bits per heavy atom. The van der Waals surface area contributed by atoms with E-state index in [1.165, 1.54) is 5.56 Å². The topological polar surface area (TPSA) is 30.9 Å². The fraction of sp³-hybridized carbons (Fsp3) is 0.625. The van der Waals surface area contributed by atoms with Gasteiger partial charge in [-0.25, -0.2) is 0 Å². The van der Waals surface area contributed by atoms with E-state index in [1.54, 1.807) is 21.3 Å². The quantitative estimate of drug-likeness (QED) is 0.801. The summed E-state index contributed by atoms with van der Waals surface area (Å²) in [5.74, 6) is 2.22. The summed E-state index contributed by atoms with van der Waals surface area (Å²) >= 11 is 0. The summed E-state index contributed by atoms with van der Waals surface area (Å²) in [6.07, 6.45) is 0.379. The predicted octanol–water partition coefficient (Wildman–Crippen LogP) is 2.66. The van der Waals surface area contributed by atoms with E-state index in [9.17, 15) is 0 Å². The van der Waals surface area contributed by atoms with Crippen LogP contribution in [0.25, 0.3) is 0 Å². The number of nitrogens with zero attached hydrogens (tertiary/aromatic N) is 1. The van der Waals surface area contributed by atoms with Crippen LogP contribution in [0.2, 0.25) is 0 Å². The molecule has 0 radical (unpaired) electrons. The summed E-state index contributed by atoms with van der Waals surface area (Å²) < 4.78 is 16.5. The number of hydrogen-bond donors (Lipinski definition) is 0. The zero-order chi connectivity index (χ0) is 14.7. The second-order valence-corrected chi connectivity index (χ2v) is 5.58. The molecule has 0 bridgehead atoms. The van der Waals surface area contributed by atoms with Gasteiger partial charge in [0.15, 0.2) is 0 Å². The highest BCUT2D eigenvalue weighted by molar-refractivity contribution is 5.51. The van der Waals surface area contributed by atoms with E-state index in [4.69, 9.17) is 14.2 Å². The van der Waals surface area contributed by atoms with Gasteiger partial charge in [0.05, 0.1) is 20.3 Å². The van der Waals surface area contributed by atoms with Gasteiger partial charge in [-0.2, -0.15) is 0 Å². The van der Waals surface area contributed by atoms with Crippen molar-refractivity contribution in [3.8, 4) is 11.5 Å². The highest BCUT2D eigenvalue weighted by Gasteiger charge is 2.28. The Hall–Kier alpha value is -1.26. The van der Waals surface area contributed by atoms with Crippen molar-refractivity contribution in [3.63, 3.8) is 0 Å². The Morgan fingerprint density at radius 2 is 1.85 bits per heavy atom. The molecule has 0 aromatic heterocycles. The maximum Gasteiger partial charge on any atom is 0.130 e. The van der Waals surface area contributed by atoms with Crippen LogP contribution in [-0.4, -0.2) is 45.4 Å². The Bertz CT molecular complexity index is 453. The maximum atomic E-state index is 5.67. The molecule has 0 unspecified atom stereocenters. The lowest BCUT2D eigenvalue weighted by Crippen LogP contribution is -2.50. The van der Waals surface area contributed by atoms with Gasteiger partial charge in [-0.15, -0.1) is 0 Å². The molecule has 4 heteroatoms. The summed E-state index contributed by atoms with van der Waals surface area (Å²) in [5, 5.41) is 0. The van der Waals surface area contributed by atoms with Crippen molar-refractivity contribution in [2.75, 3.05) is 34.4 Å². The Kier molecular flexibility index (Phi) is 4.89. The zero-order valence-electron chi connectivity index (χ0n) is 13.1. The van der Waals surface area contributed by atoms with Crippen molar-refractivity contribution in [2.24, 2.45) is 0 Å². The first-order valence-corrected chi connectivity index (χ1v) is 7.09. The lowest BCUT2D eigenvalue weighted by atomic mass is 9.96. The standard InChI is InChI=1S/C16H25NO3/c1-11(2)15-14(19-4)7-6-12(16(15)20-5)8-17-9-13(10-17)18-3/h6-7,11,13H,8-10H2,1-5H3. The van der Waals surface area contributed by atoms with Crippen LogP contribution in [0.15, 0.2) is 12.1 Å². The molecule has 20 heavy (non-hydrogen) atoms. The summed E-state index contributed by atoms with van der Waals surface area (Å²) in [6.45, 7) is 7.20. The second kappa shape index (κ2) is 6.46. The Labute approximate surface area is 121 Å². The average Bonchev–Trinajstić information content (AvgIpc) is 2.40. The molecule has 0 atom stereocenters. The van der Waals surface area contributed by atoms with E-state index < -0.39 is 0 Å². The third kappa shape index (κ3) is 2.91. The summed E-state index contributed by atoms with van der Waals surface area (Å²) in [6, 6.07) is 4.14. The molecule has 112 valence electrons. The van der Waals surface area contributed by atoms with Crippen LogP contribution in [0, 0.1) is 0 Å². The normalized spacial score (nSPS) is 16.3. The number of likely N-dealkylation sites (tertiary alicyclic amines) is 1. The molecule has 2 rings (SSSR count). The molecular weight excluding hydrogens is 254 g/mol. The number of hydrogen-bond acceptors (Lipinski definition) is 4. The van der Waals surface area contributed by atoms with Crippen LogP contribution in [0.3, 0.4) is 0 Å². The van der Waals surface area contributed by atoms with E-state index >= 15 is 0 Å². The minimum Gasteiger partial charge on any atom is -0.496 e. The van der Waals surface area contributed by atoms with Crippen LogP contribution >= 0.6 is 0 Å². The molecule has 1 aromatic carbocycles. The minimum absolute atomic E-state index is 0.364. The SMILES string of the molecule is COc1ccc(CN2CC(OC)C2)c(OC)c1C(C)C. The van der Waals surface area contributed by atoms with Gasteiger partial charge in [-0.1, -0.05) is 19.9 Å². The zero-order valence-corrected chi connectivity index (χ0v) is 13.1. The van der Waals surface area contributed by atoms with Gasteiger partial charge in [0.25, 0.3) is 0 Å². The molecule has 1 heterocycles. The second-order valence-electron chi connectivity index (χ2n) is 5.58. The minimum atomic E-state index is 0.364. The van der Waals surface area contributed by atoms with Crippen LogP contribution in [0.4, 0.5) is 0 Å². The van der Waals surface area contributed by atoms with Crippen molar-refractivity contribution >= 4 is 0 Å². The highest BCUT2D eigenvalue weighted by Crippen LogP contribution is 2.38. The predicted molar refractivity (Wildman–Crippen MR) is 79.7 cm³/mol. The third-order valence-electron chi connectivity index (χ3n) is 3.89. The molecule has 1 fully saturated rings. The summed E-state index contributed by atoms with van der Waals surface area (Å²) in [4.78, 5) is 2.36. The molecule has 1 aromatic rings. The van der Waals surface area contributed by atoms with E-state index in [0.717, 1.165) is 36.7 Å². The first-order valence-electron chi connectivity index (χ1n) is 7.09. The highest BCUT2D eigenvalue weighted by atomic mass is 16.5. The monoisotopic (exact) mass is 279 g/mol. The van der Waals surface area contributed by atoms with Crippen molar-refractivity contribution in [2.45, 2.75) is 32.4 Å². The molecule has 1 aliphatic rings. The molecule has 0 N–H and O–H groups in total. The fourth-order valence-corrected chi connectivity index (χ4v) is 2.76. The summed E-state index contributed by atoms with van der Waals surface area (Å²) in [5.41, 5.74) is 2.36. The van der Waals surface area contributed by atoms with E-state index in [2.05, 4.69) is 24.8 Å². The number of ether oxygens (including phenoxy) is 3. The lowest BCUT2D eigenvalue weighted by molar-refractivity contribution is -0.0336. The first-order chi connectivity index (χ1) is 9.60. The molecule has 0 saturated carbocycles. The largest absolute Gasteiger partial charge is 0.496 e. The average molecular weight is 279 g/mol. The van der Waals surface area contributed by atoms with E-state index in [0.29, 0.717) is 12.0 Å². The smallest absolute Gasteiger partial charge is 0.130 e. The molecule has 0 amide bonds.